The quantitative estimate of drug-likeness (QED) is 0.739. The zero-order valence-corrected chi connectivity index (χ0v) is 14.2. The molecule has 2 aromatic carbocycles. The van der Waals surface area contributed by atoms with Gasteiger partial charge in [-0.3, -0.25) is 10.1 Å². The summed E-state index contributed by atoms with van der Waals surface area (Å²) < 4.78 is 6.75. The lowest BCUT2D eigenvalue weighted by atomic mass is 10.1. The number of amides is 2. The minimum absolute atomic E-state index is 0.182. The summed E-state index contributed by atoms with van der Waals surface area (Å²) in [5.74, 6) is -0.113. The van der Waals surface area contributed by atoms with Crippen LogP contribution < -0.4 is 11.1 Å². The van der Waals surface area contributed by atoms with Crippen molar-refractivity contribution in [1.29, 1.82) is 0 Å². The van der Waals surface area contributed by atoms with Crippen LogP contribution in [0.15, 0.2) is 60.8 Å². The van der Waals surface area contributed by atoms with Gasteiger partial charge in [-0.2, -0.15) is 0 Å². The van der Waals surface area contributed by atoms with Crippen LogP contribution in [0, 0.1) is 6.92 Å². The Morgan fingerprint density at radius 1 is 1.15 bits per heavy atom. The standard InChI is InChI=1S/C19H18N4O3/c1-13-11-15(7-8-16(13)18(20)24)23-10-9-17(22-23)21-19(25)26-12-14-5-3-2-4-6-14/h2-11H,12H2,1H3,(H2,20,24)(H,21,22,25). The number of aryl methyl sites for hydroxylation is 1. The van der Waals surface area contributed by atoms with E-state index in [1.165, 1.54) is 0 Å². The first-order valence-electron chi connectivity index (χ1n) is 7.97. The second-order valence-corrected chi connectivity index (χ2v) is 5.70. The zero-order chi connectivity index (χ0) is 18.5. The van der Waals surface area contributed by atoms with E-state index in [1.54, 1.807) is 42.1 Å². The number of carbonyl (C=O) groups excluding carboxylic acids is 2. The molecule has 2 amide bonds. The van der Waals surface area contributed by atoms with Crippen molar-refractivity contribution < 1.29 is 14.3 Å². The third-order valence-electron chi connectivity index (χ3n) is 3.77. The fourth-order valence-corrected chi connectivity index (χ4v) is 2.46. The molecule has 0 fully saturated rings. The van der Waals surface area contributed by atoms with Crippen molar-refractivity contribution in [3.8, 4) is 5.69 Å². The topological polar surface area (TPSA) is 99.2 Å². The maximum atomic E-state index is 11.9. The minimum Gasteiger partial charge on any atom is -0.444 e. The van der Waals surface area contributed by atoms with E-state index < -0.39 is 12.0 Å². The summed E-state index contributed by atoms with van der Waals surface area (Å²) in [4.78, 5) is 23.2. The molecule has 0 bridgehead atoms. The largest absolute Gasteiger partial charge is 0.444 e. The van der Waals surface area contributed by atoms with E-state index in [2.05, 4.69) is 10.4 Å². The van der Waals surface area contributed by atoms with Crippen LogP contribution in [0.25, 0.3) is 5.69 Å². The number of aromatic nitrogens is 2. The van der Waals surface area contributed by atoms with Crippen LogP contribution in [-0.4, -0.2) is 21.8 Å². The summed E-state index contributed by atoms with van der Waals surface area (Å²) >= 11 is 0. The number of ether oxygens (including phenoxy) is 1. The first kappa shape index (κ1) is 17.2. The molecule has 1 heterocycles. The van der Waals surface area contributed by atoms with Gasteiger partial charge in [-0.25, -0.2) is 9.48 Å². The third-order valence-corrected chi connectivity index (χ3v) is 3.77. The van der Waals surface area contributed by atoms with Crippen molar-refractivity contribution in [3.05, 3.63) is 77.5 Å². The average molecular weight is 350 g/mol. The lowest BCUT2D eigenvalue weighted by Gasteiger charge is -2.07. The molecule has 132 valence electrons. The molecule has 0 radical (unpaired) electrons. The molecule has 0 saturated carbocycles. The number of rotatable bonds is 5. The molecule has 1 aromatic heterocycles. The summed E-state index contributed by atoms with van der Waals surface area (Å²) in [6.45, 7) is 1.98. The number of nitrogens with one attached hydrogen (secondary N) is 1. The SMILES string of the molecule is Cc1cc(-n2ccc(NC(=O)OCc3ccccc3)n2)ccc1C(N)=O. The zero-order valence-electron chi connectivity index (χ0n) is 14.2. The monoisotopic (exact) mass is 350 g/mol. The van der Waals surface area contributed by atoms with E-state index in [1.807, 2.05) is 30.3 Å². The molecule has 3 N–H and O–H groups in total. The van der Waals surface area contributed by atoms with E-state index in [0.29, 0.717) is 11.4 Å². The lowest BCUT2D eigenvalue weighted by molar-refractivity contribution is 0.0999. The maximum Gasteiger partial charge on any atom is 0.413 e. The van der Waals surface area contributed by atoms with Gasteiger partial charge in [0.1, 0.15) is 6.61 Å². The van der Waals surface area contributed by atoms with Crippen molar-refractivity contribution in [1.82, 2.24) is 9.78 Å². The van der Waals surface area contributed by atoms with Gasteiger partial charge >= 0.3 is 6.09 Å². The van der Waals surface area contributed by atoms with Gasteiger partial charge in [0.25, 0.3) is 0 Å². The Morgan fingerprint density at radius 3 is 2.62 bits per heavy atom. The van der Waals surface area contributed by atoms with Crippen molar-refractivity contribution in [2.75, 3.05) is 5.32 Å². The Balaban J connectivity index is 1.63. The van der Waals surface area contributed by atoms with Crippen LogP contribution in [0.3, 0.4) is 0 Å². The number of anilines is 1. The lowest BCUT2D eigenvalue weighted by Crippen LogP contribution is -2.14. The van der Waals surface area contributed by atoms with Gasteiger partial charge in [0.2, 0.25) is 5.91 Å². The summed E-state index contributed by atoms with van der Waals surface area (Å²) in [5, 5.41) is 6.86. The Morgan fingerprint density at radius 2 is 1.92 bits per heavy atom. The first-order chi connectivity index (χ1) is 12.5. The van der Waals surface area contributed by atoms with E-state index >= 15 is 0 Å². The number of primary amides is 1. The van der Waals surface area contributed by atoms with Crippen LogP contribution in [0.5, 0.6) is 0 Å². The number of hydrogen-bond donors (Lipinski definition) is 2. The van der Waals surface area contributed by atoms with Gasteiger partial charge in [0.15, 0.2) is 5.82 Å². The molecular formula is C19H18N4O3. The van der Waals surface area contributed by atoms with Gasteiger partial charge in [0, 0.05) is 17.8 Å². The summed E-state index contributed by atoms with van der Waals surface area (Å²) in [5.41, 5.74) is 8.17. The predicted molar refractivity (Wildman–Crippen MR) is 97.1 cm³/mol. The Kier molecular flexibility index (Phi) is 4.98. The first-order valence-corrected chi connectivity index (χ1v) is 7.97. The van der Waals surface area contributed by atoms with Crippen molar-refractivity contribution in [2.45, 2.75) is 13.5 Å². The van der Waals surface area contributed by atoms with E-state index in [9.17, 15) is 9.59 Å². The molecule has 3 rings (SSSR count). The van der Waals surface area contributed by atoms with Gasteiger partial charge in [-0.1, -0.05) is 30.3 Å². The van der Waals surface area contributed by atoms with Crippen molar-refractivity contribution in [2.24, 2.45) is 5.73 Å². The van der Waals surface area contributed by atoms with E-state index in [-0.39, 0.29) is 6.61 Å². The van der Waals surface area contributed by atoms with Gasteiger partial charge in [-0.05, 0) is 36.2 Å². The van der Waals surface area contributed by atoms with Crippen LogP contribution in [0.4, 0.5) is 10.6 Å². The van der Waals surface area contributed by atoms with Gasteiger partial charge < -0.3 is 10.5 Å². The summed E-state index contributed by atoms with van der Waals surface area (Å²) in [6.07, 6.45) is 1.12. The second-order valence-electron chi connectivity index (χ2n) is 5.70. The van der Waals surface area contributed by atoms with Crippen LogP contribution >= 0.6 is 0 Å². The molecule has 0 spiro atoms. The number of benzene rings is 2. The highest BCUT2D eigenvalue weighted by molar-refractivity contribution is 5.94. The molecule has 0 atom stereocenters. The average Bonchev–Trinajstić information content (AvgIpc) is 3.09. The Labute approximate surface area is 150 Å². The molecule has 26 heavy (non-hydrogen) atoms. The van der Waals surface area contributed by atoms with Crippen LogP contribution in [0.2, 0.25) is 0 Å². The minimum atomic E-state index is -0.584. The summed E-state index contributed by atoms with van der Waals surface area (Å²) in [7, 11) is 0. The van der Waals surface area contributed by atoms with Crippen LogP contribution in [-0.2, 0) is 11.3 Å². The summed E-state index contributed by atoms with van der Waals surface area (Å²) in [6, 6.07) is 16.2. The normalized spacial score (nSPS) is 10.3. The van der Waals surface area contributed by atoms with Crippen molar-refractivity contribution >= 4 is 17.8 Å². The molecular weight excluding hydrogens is 332 g/mol. The highest BCUT2D eigenvalue weighted by Gasteiger charge is 2.09. The molecule has 0 unspecified atom stereocenters. The second kappa shape index (κ2) is 7.52. The number of nitrogens with zero attached hydrogens (tertiary/aromatic N) is 2. The fourth-order valence-electron chi connectivity index (χ4n) is 2.46. The number of carbonyl (C=O) groups is 2. The molecule has 7 heteroatoms. The number of nitrogens with two attached hydrogens (primary N) is 1. The van der Waals surface area contributed by atoms with Crippen LogP contribution in [0.1, 0.15) is 21.5 Å². The molecule has 0 aliphatic heterocycles. The molecule has 3 aromatic rings. The molecule has 0 aliphatic carbocycles. The molecule has 0 aliphatic rings. The van der Waals surface area contributed by atoms with Gasteiger partial charge in [0.05, 0.1) is 5.69 Å². The Bertz CT molecular complexity index is 935. The fraction of sp³-hybridized carbons (Fsp3) is 0.105. The smallest absolute Gasteiger partial charge is 0.413 e. The van der Waals surface area contributed by atoms with E-state index in [0.717, 1.165) is 16.8 Å². The van der Waals surface area contributed by atoms with E-state index in [4.69, 9.17) is 10.5 Å². The highest BCUT2D eigenvalue weighted by Crippen LogP contribution is 2.15. The van der Waals surface area contributed by atoms with Gasteiger partial charge in [-0.15, -0.1) is 5.10 Å². The number of hydrogen-bond acceptors (Lipinski definition) is 4. The molecule has 0 saturated heterocycles. The molecule has 7 nitrogen and oxygen atoms in total. The highest BCUT2D eigenvalue weighted by atomic mass is 16.5. The third kappa shape index (κ3) is 4.07. The predicted octanol–water partition coefficient (Wildman–Crippen LogP) is 3.03. The van der Waals surface area contributed by atoms with Crippen molar-refractivity contribution in [3.63, 3.8) is 0 Å². The Hall–Kier alpha value is -3.61. The maximum absolute atomic E-state index is 11.9.